The topological polar surface area (TPSA) is 87.3 Å². The van der Waals surface area contributed by atoms with E-state index in [4.69, 9.17) is 0 Å². The average Bonchev–Trinajstić information content (AvgIpc) is 3.01. The molecule has 0 aromatic carbocycles. The second kappa shape index (κ2) is 5.07. The largest absolute Gasteiger partial charge is 0.349 e. The average molecular weight is 279 g/mol. The van der Waals surface area contributed by atoms with Gasteiger partial charge in [-0.3, -0.25) is 14.9 Å². The Labute approximate surface area is 118 Å². The van der Waals surface area contributed by atoms with Crippen LogP contribution in [0.15, 0.2) is 0 Å². The van der Waals surface area contributed by atoms with Crippen LogP contribution in [0.3, 0.4) is 0 Å². The lowest BCUT2D eigenvalue weighted by atomic mass is 9.95. The summed E-state index contributed by atoms with van der Waals surface area (Å²) in [5, 5.41) is 7.91. The third kappa shape index (κ3) is 2.64. The summed E-state index contributed by atoms with van der Waals surface area (Å²) < 4.78 is 0. The van der Waals surface area contributed by atoms with Crippen LogP contribution in [-0.4, -0.2) is 29.4 Å². The zero-order chi connectivity index (χ0) is 14.2. The highest BCUT2D eigenvalue weighted by Gasteiger charge is 2.51. The van der Waals surface area contributed by atoms with Crippen LogP contribution in [-0.2, 0) is 9.59 Å². The highest BCUT2D eigenvalue weighted by atomic mass is 16.2. The fraction of sp³-hybridized carbons (Fsp3) is 0.786. The van der Waals surface area contributed by atoms with E-state index in [1.165, 1.54) is 25.7 Å². The van der Waals surface area contributed by atoms with Crippen LogP contribution in [0.2, 0.25) is 0 Å². The van der Waals surface area contributed by atoms with Crippen LogP contribution in [0.4, 0.5) is 4.79 Å². The molecule has 1 aliphatic heterocycles. The Bertz CT molecular complexity index is 439. The van der Waals surface area contributed by atoms with Crippen LogP contribution in [0, 0.1) is 5.92 Å². The van der Waals surface area contributed by atoms with Crippen molar-refractivity contribution in [2.75, 3.05) is 0 Å². The van der Waals surface area contributed by atoms with Crippen molar-refractivity contribution in [1.82, 2.24) is 16.0 Å². The first kappa shape index (κ1) is 13.4. The predicted octanol–water partition coefficient (Wildman–Crippen LogP) is 0.814. The minimum Gasteiger partial charge on any atom is -0.349 e. The molecular formula is C14H21N3O3. The Morgan fingerprint density at radius 3 is 2.50 bits per heavy atom. The van der Waals surface area contributed by atoms with Crippen LogP contribution in [0.25, 0.3) is 0 Å². The highest BCUT2D eigenvalue weighted by Crippen LogP contribution is 2.49. The number of imide groups is 1. The summed E-state index contributed by atoms with van der Waals surface area (Å²) >= 11 is 0. The molecule has 0 radical (unpaired) electrons. The van der Waals surface area contributed by atoms with E-state index < -0.39 is 12.1 Å². The van der Waals surface area contributed by atoms with Crippen molar-refractivity contribution < 1.29 is 14.4 Å². The molecule has 0 unspecified atom stereocenters. The molecule has 0 bridgehead atoms. The van der Waals surface area contributed by atoms with Gasteiger partial charge in [0.05, 0.1) is 0 Å². The lowest BCUT2D eigenvalue weighted by Gasteiger charge is -2.26. The molecule has 0 aromatic heterocycles. The summed E-state index contributed by atoms with van der Waals surface area (Å²) in [6.07, 6.45) is 7.54. The maximum atomic E-state index is 12.4. The third-order valence-electron chi connectivity index (χ3n) is 4.83. The van der Waals surface area contributed by atoms with Crippen molar-refractivity contribution in [3.8, 4) is 0 Å². The van der Waals surface area contributed by atoms with Gasteiger partial charge in [0, 0.05) is 12.0 Å². The van der Waals surface area contributed by atoms with Gasteiger partial charge >= 0.3 is 6.03 Å². The molecule has 3 N–H and O–H groups in total. The molecule has 6 nitrogen and oxygen atoms in total. The van der Waals surface area contributed by atoms with Crippen LogP contribution >= 0.6 is 0 Å². The summed E-state index contributed by atoms with van der Waals surface area (Å²) in [6, 6.07) is -1.17. The second-order valence-corrected chi connectivity index (χ2v) is 6.24. The van der Waals surface area contributed by atoms with E-state index in [9.17, 15) is 14.4 Å². The van der Waals surface area contributed by atoms with Gasteiger partial charge in [-0.05, 0) is 38.0 Å². The number of amides is 4. The zero-order valence-corrected chi connectivity index (χ0v) is 11.5. The summed E-state index contributed by atoms with van der Waals surface area (Å²) in [4.78, 5) is 35.0. The van der Waals surface area contributed by atoms with Crippen LogP contribution in [0.1, 0.15) is 51.4 Å². The van der Waals surface area contributed by atoms with Crippen molar-refractivity contribution in [2.45, 2.75) is 62.9 Å². The van der Waals surface area contributed by atoms with Gasteiger partial charge in [0.25, 0.3) is 0 Å². The molecule has 1 heterocycles. The molecule has 1 atom stereocenters. The van der Waals surface area contributed by atoms with Crippen molar-refractivity contribution >= 4 is 17.8 Å². The quantitative estimate of drug-likeness (QED) is 0.714. The summed E-state index contributed by atoms with van der Waals surface area (Å²) in [7, 11) is 0. The molecule has 3 rings (SSSR count). The van der Waals surface area contributed by atoms with E-state index >= 15 is 0 Å². The monoisotopic (exact) mass is 279 g/mol. The molecular weight excluding hydrogens is 258 g/mol. The minimum absolute atomic E-state index is 0.0257. The van der Waals surface area contributed by atoms with Gasteiger partial charge in [-0.1, -0.05) is 12.8 Å². The standard InChI is InChI=1S/C14H21N3O3/c18-11-6-5-10(15-13(20)16-11)12(19)17-14(7-8-14)9-3-1-2-4-9/h9-10H,1-8H2,(H,17,19)(H2,15,16,18,20)/t10-/m1/s1. The summed E-state index contributed by atoms with van der Waals surface area (Å²) in [6.45, 7) is 0. The van der Waals surface area contributed by atoms with Crippen LogP contribution < -0.4 is 16.0 Å². The zero-order valence-electron chi connectivity index (χ0n) is 11.5. The lowest BCUT2D eigenvalue weighted by Crippen LogP contribution is -2.52. The van der Waals surface area contributed by atoms with Gasteiger partial charge in [-0.15, -0.1) is 0 Å². The van der Waals surface area contributed by atoms with E-state index in [0.29, 0.717) is 12.3 Å². The van der Waals surface area contributed by atoms with Gasteiger partial charge in [0.1, 0.15) is 6.04 Å². The maximum absolute atomic E-state index is 12.4. The molecule has 0 spiro atoms. The number of urea groups is 1. The Morgan fingerprint density at radius 1 is 1.15 bits per heavy atom. The van der Waals surface area contributed by atoms with Crippen molar-refractivity contribution in [3.63, 3.8) is 0 Å². The van der Waals surface area contributed by atoms with E-state index in [2.05, 4.69) is 16.0 Å². The number of hydrogen-bond acceptors (Lipinski definition) is 3. The van der Waals surface area contributed by atoms with Crippen molar-refractivity contribution in [2.24, 2.45) is 5.92 Å². The molecule has 6 heteroatoms. The fourth-order valence-electron chi connectivity index (χ4n) is 3.51. The predicted molar refractivity (Wildman–Crippen MR) is 71.8 cm³/mol. The van der Waals surface area contributed by atoms with Gasteiger partial charge in [0.15, 0.2) is 0 Å². The smallest absolute Gasteiger partial charge is 0.322 e. The molecule has 110 valence electrons. The molecule has 1 saturated heterocycles. The van der Waals surface area contributed by atoms with E-state index in [1.807, 2.05) is 0 Å². The molecule has 3 aliphatic rings. The van der Waals surface area contributed by atoms with Gasteiger partial charge in [-0.25, -0.2) is 4.79 Å². The van der Waals surface area contributed by atoms with E-state index in [0.717, 1.165) is 12.8 Å². The number of carbonyl (C=O) groups excluding carboxylic acids is 3. The Hall–Kier alpha value is -1.59. The SMILES string of the molecule is O=C1CC[C@H](C(=O)NC2(C3CCCC3)CC2)NC(=O)N1. The normalized spacial score (nSPS) is 29.3. The van der Waals surface area contributed by atoms with E-state index in [1.54, 1.807) is 0 Å². The highest BCUT2D eigenvalue weighted by molar-refractivity contribution is 5.98. The van der Waals surface area contributed by atoms with Gasteiger partial charge in [-0.2, -0.15) is 0 Å². The molecule has 20 heavy (non-hydrogen) atoms. The first-order chi connectivity index (χ1) is 9.59. The number of nitrogens with one attached hydrogen (secondary N) is 3. The summed E-state index contributed by atoms with van der Waals surface area (Å²) in [5.41, 5.74) is -0.0257. The molecule has 3 fully saturated rings. The van der Waals surface area contributed by atoms with Crippen LogP contribution in [0.5, 0.6) is 0 Å². The van der Waals surface area contributed by atoms with Gasteiger partial charge < -0.3 is 10.6 Å². The van der Waals surface area contributed by atoms with E-state index in [-0.39, 0.29) is 23.8 Å². The lowest BCUT2D eigenvalue weighted by molar-refractivity contribution is -0.124. The Morgan fingerprint density at radius 2 is 1.85 bits per heavy atom. The molecule has 2 saturated carbocycles. The molecule has 2 aliphatic carbocycles. The minimum atomic E-state index is -0.597. The van der Waals surface area contributed by atoms with Crippen molar-refractivity contribution in [3.05, 3.63) is 0 Å². The first-order valence-corrected chi connectivity index (χ1v) is 7.51. The number of carbonyl (C=O) groups is 3. The Balaban J connectivity index is 1.61. The third-order valence-corrected chi connectivity index (χ3v) is 4.83. The molecule has 4 amide bonds. The van der Waals surface area contributed by atoms with Crippen molar-refractivity contribution in [1.29, 1.82) is 0 Å². The Kier molecular flexibility index (Phi) is 3.40. The maximum Gasteiger partial charge on any atom is 0.322 e. The number of rotatable bonds is 3. The number of hydrogen-bond donors (Lipinski definition) is 3. The first-order valence-electron chi connectivity index (χ1n) is 7.51. The fourth-order valence-corrected chi connectivity index (χ4v) is 3.51. The van der Waals surface area contributed by atoms with Gasteiger partial charge in [0.2, 0.25) is 11.8 Å². The molecule has 0 aromatic rings. The second-order valence-electron chi connectivity index (χ2n) is 6.24. The summed E-state index contributed by atoms with van der Waals surface area (Å²) in [5.74, 6) is 0.127.